The normalized spacial score (nSPS) is 10.8. The maximum absolute atomic E-state index is 12.7. The summed E-state index contributed by atoms with van der Waals surface area (Å²) in [6.07, 6.45) is 0. The molecule has 2 N–H and O–H groups in total. The van der Waals surface area contributed by atoms with Crippen LogP contribution in [0.15, 0.2) is 53.0 Å². The predicted octanol–water partition coefficient (Wildman–Crippen LogP) is 4.52. The van der Waals surface area contributed by atoms with Gasteiger partial charge in [-0.15, -0.1) is 11.3 Å². The highest BCUT2D eigenvalue weighted by molar-refractivity contribution is 9.10. The Kier molecular flexibility index (Phi) is 3.69. The van der Waals surface area contributed by atoms with Crippen LogP contribution in [0.2, 0.25) is 0 Å². The number of anilines is 2. The van der Waals surface area contributed by atoms with E-state index in [0.29, 0.717) is 10.6 Å². The van der Waals surface area contributed by atoms with E-state index in [-0.39, 0.29) is 5.91 Å². The molecule has 0 bridgehead atoms. The Bertz CT molecular complexity index is 814. The van der Waals surface area contributed by atoms with Crippen LogP contribution in [0.5, 0.6) is 0 Å². The van der Waals surface area contributed by atoms with Gasteiger partial charge < -0.3 is 10.6 Å². The topological polar surface area (TPSA) is 46.3 Å². The first-order valence-electron chi connectivity index (χ1n) is 6.39. The van der Waals surface area contributed by atoms with E-state index < -0.39 is 0 Å². The lowest BCUT2D eigenvalue weighted by Crippen LogP contribution is -2.25. The van der Waals surface area contributed by atoms with Crippen molar-refractivity contribution in [3.8, 4) is 0 Å². The number of hydrogen-bond acceptors (Lipinski definition) is 3. The van der Waals surface area contributed by atoms with Crippen molar-refractivity contribution in [2.24, 2.45) is 0 Å². The van der Waals surface area contributed by atoms with E-state index in [1.807, 2.05) is 48.5 Å². The van der Waals surface area contributed by atoms with E-state index in [2.05, 4.69) is 15.9 Å². The van der Waals surface area contributed by atoms with Gasteiger partial charge in [0.25, 0.3) is 5.91 Å². The summed E-state index contributed by atoms with van der Waals surface area (Å²) < 4.78 is 1.92. The minimum Gasteiger partial charge on any atom is -0.397 e. The number of carbonyl (C=O) groups is 1. The molecule has 0 atom stereocenters. The number of nitrogens with two attached hydrogens (primary N) is 1. The third kappa shape index (κ3) is 2.43. The summed E-state index contributed by atoms with van der Waals surface area (Å²) in [5, 5.41) is 0.910. The summed E-state index contributed by atoms with van der Waals surface area (Å²) in [4.78, 5) is 14.9. The molecule has 0 aliphatic heterocycles. The Labute approximate surface area is 135 Å². The van der Waals surface area contributed by atoms with Crippen molar-refractivity contribution < 1.29 is 4.79 Å². The van der Waals surface area contributed by atoms with Crippen LogP contribution >= 0.6 is 27.3 Å². The van der Waals surface area contributed by atoms with Crippen LogP contribution < -0.4 is 10.6 Å². The molecule has 0 radical (unpaired) electrons. The van der Waals surface area contributed by atoms with Gasteiger partial charge in [0.2, 0.25) is 0 Å². The van der Waals surface area contributed by atoms with E-state index in [4.69, 9.17) is 5.73 Å². The SMILES string of the molecule is CN(C(=O)c1sc2cccc(Br)c2c1N)c1ccccc1. The summed E-state index contributed by atoms with van der Waals surface area (Å²) in [6.45, 7) is 0. The number of hydrogen-bond donors (Lipinski definition) is 1. The molecule has 0 spiro atoms. The molecule has 1 heterocycles. The largest absolute Gasteiger partial charge is 0.397 e. The summed E-state index contributed by atoms with van der Waals surface area (Å²) >= 11 is 4.92. The number of fused-ring (bicyclic) bond motifs is 1. The number of para-hydroxylation sites is 1. The number of halogens is 1. The molecule has 3 nitrogen and oxygen atoms in total. The first-order chi connectivity index (χ1) is 10.1. The fourth-order valence-electron chi connectivity index (χ4n) is 2.21. The number of benzene rings is 2. The molecule has 2 aromatic carbocycles. The molecule has 0 unspecified atom stereocenters. The molecule has 3 aromatic rings. The minimum absolute atomic E-state index is 0.0909. The molecule has 21 heavy (non-hydrogen) atoms. The molecule has 1 amide bonds. The molecular weight excluding hydrogens is 348 g/mol. The average molecular weight is 361 g/mol. The second-order valence-electron chi connectivity index (χ2n) is 4.66. The fraction of sp³-hybridized carbons (Fsp3) is 0.0625. The van der Waals surface area contributed by atoms with Crippen molar-refractivity contribution in [2.75, 3.05) is 17.7 Å². The Morgan fingerprint density at radius 3 is 2.52 bits per heavy atom. The molecule has 0 fully saturated rings. The van der Waals surface area contributed by atoms with E-state index >= 15 is 0 Å². The second kappa shape index (κ2) is 5.50. The third-order valence-electron chi connectivity index (χ3n) is 3.34. The zero-order valence-electron chi connectivity index (χ0n) is 11.3. The zero-order valence-corrected chi connectivity index (χ0v) is 13.7. The lowest BCUT2D eigenvalue weighted by molar-refractivity contribution is 0.0997. The Morgan fingerprint density at radius 2 is 1.86 bits per heavy atom. The highest BCUT2D eigenvalue weighted by atomic mass is 79.9. The monoisotopic (exact) mass is 360 g/mol. The van der Waals surface area contributed by atoms with Gasteiger partial charge in [-0.25, -0.2) is 0 Å². The van der Waals surface area contributed by atoms with Crippen LogP contribution in [-0.4, -0.2) is 13.0 Å². The van der Waals surface area contributed by atoms with Gasteiger partial charge in [0.1, 0.15) is 4.88 Å². The van der Waals surface area contributed by atoms with Crippen LogP contribution in [0.3, 0.4) is 0 Å². The van der Waals surface area contributed by atoms with E-state index in [0.717, 1.165) is 20.2 Å². The Hall–Kier alpha value is -1.85. The van der Waals surface area contributed by atoms with Crippen molar-refractivity contribution in [3.05, 3.63) is 57.9 Å². The molecule has 0 saturated heterocycles. The molecule has 0 aliphatic rings. The van der Waals surface area contributed by atoms with E-state index in [9.17, 15) is 4.79 Å². The number of thiophene rings is 1. The van der Waals surface area contributed by atoms with Gasteiger partial charge in [-0.3, -0.25) is 4.79 Å². The van der Waals surface area contributed by atoms with Crippen LogP contribution in [0, 0.1) is 0 Å². The molecule has 5 heteroatoms. The highest BCUT2D eigenvalue weighted by Gasteiger charge is 2.21. The van der Waals surface area contributed by atoms with E-state index in [1.165, 1.54) is 11.3 Å². The van der Waals surface area contributed by atoms with Gasteiger partial charge in [-0.1, -0.05) is 40.2 Å². The number of rotatable bonds is 2. The number of nitrogens with zero attached hydrogens (tertiary/aromatic N) is 1. The Balaban J connectivity index is 2.06. The smallest absolute Gasteiger partial charge is 0.270 e. The predicted molar refractivity (Wildman–Crippen MR) is 93.1 cm³/mol. The molecule has 3 rings (SSSR count). The third-order valence-corrected chi connectivity index (χ3v) is 5.16. The number of nitrogen functional groups attached to an aromatic ring is 1. The van der Waals surface area contributed by atoms with Crippen LogP contribution in [0.4, 0.5) is 11.4 Å². The summed E-state index contributed by atoms with van der Waals surface area (Å²) in [7, 11) is 1.76. The first-order valence-corrected chi connectivity index (χ1v) is 8.00. The maximum Gasteiger partial charge on any atom is 0.270 e. The van der Waals surface area contributed by atoms with Gasteiger partial charge in [0, 0.05) is 27.3 Å². The standard InChI is InChI=1S/C16H13BrN2OS/c1-19(10-6-3-2-4-7-10)16(20)15-14(18)13-11(17)8-5-9-12(13)21-15/h2-9H,18H2,1H3. The van der Waals surface area contributed by atoms with Gasteiger partial charge in [0.15, 0.2) is 0 Å². The maximum atomic E-state index is 12.7. The van der Waals surface area contributed by atoms with Crippen LogP contribution in [0.1, 0.15) is 9.67 Å². The van der Waals surface area contributed by atoms with Crippen molar-refractivity contribution >= 4 is 54.6 Å². The van der Waals surface area contributed by atoms with Crippen molar-refractivity contribution in [2.45, 2.75) is 0 Å². The van der Waals surface area contributed by atoms with Crippen LogP contribution in [-0.2, 0) is 0 Å². The van der Waals surface area contributed by atoms with Gasteiger partial charge in [-0.05, 0) is 24.3 Å². The van der Waals surface area contributed by atoms with Gasteiger partial charge in [-0.2, -0.15) is 0 Å². The molecule has 1 aromatic heterocycles. The Morgan fingerprint density at radius 1 is 1.14 bits per heavy atom. The van der Waals surface area contributed by atoms with Crippen molar-refractivity contribution in [1.82, 2.24) is 0 Å². The molecular formula is C16H13BrN2OS. The summed E-state index contributed by atoms with van der Waals surface area (Å²) in [5.41, 5.74) is 7.57. The summed E-state index contributed by atoms with van der Waals surface area (Å²) in [6, 6.07) is 15.4. The first kappa shape index (κ1) is 14.1. The lowest BCUT2D eigenvalue weighted by Gasteiger charge is -2.16. The second-order valence-corrected chi connectivity index (χ2v) is 6.56. The minimum atomic E-state index is -0.0909. The highest BCUT2D eigenvalue weighted by Crippen LogP contribution is 2.38. The average Bonchev–Trinajstić information content (AvgIpc) is 2.85. The van der Waals surface area contributed by atoms with Crippen molar-refractivity contribution in [1.29, 1.82) is 0 Å². The van der Waals surface area contributed by atoms with Crippen molar-refractivity contribution in [3.63, 3.8) is 0 Å². The fourth-order valence-corrected chi connectivity index (χ4v) is 4.05. The van der Waals surface area contributed by atoms with Gasteiger partial charge >= 0.3 is 0 Å². The van der Waals surface area contributed by atoms with E-state index in [1.54, 1.807) is 11.9 Å². The molecule has 0 aliphatic carbocycles. The van der Waals surface area contributed by atoms with Crippen LogP contribution in [0.25, 0.3) is 10.1 Å². The summed E-state index contributed by atoms with van der Waals surface area (Å²) in [5.74, 6) is -0.0909. The number of amides is 1. The zero-order chi connectivity index (χ0) is 15.0. The molecule has 0 saturated carbocycles. The molecule has 106 valence electrons. The van der Waals surface area contributed by atoms with Gasteiger partial charge in [0.05, 0.1) is 5.69 Å². The lowest BCUT2D eigenvalue weighted by atomic mass is 10.2. The quantitative estimate of drug-likeness (QED) is 0.729. The number of carbonyl (C=O) groups excluding carboxylic acids is 1.